The molecule has 0 amide bonds. The van der Waals surface area contributed by atoms with Crippen LogP contribution in [0.2, 0.25) is 0 Å². The molecule has 3 heteroatoms. The van der Waals surface area contributed by atoms with E-state index in [9.17, 15) is 0 Å². The fourth-order valence-corrected chi connectivity index (χ4v) is 10.2. The molecule has 5 rings (SSSR count). The molecule has 5 aromatic carbocycles. The van der Waals surface area contributed by atoms with Gasteiger partial charge in [0.15, 0.2) is 0 Å². The molecule has 0 aliphatic heterocycles. The van der Waals surface area contributed by atoms with Crippen molar-refractivity contribution in [1.29, 1.82) is 0 Å². The molecule has 0 aromatic heterocycles. The molecule has 0 fully saturated rings. The Bertz CT molecular complexity index is 1500. The lowest BCUT2D eigenvalue weighted by Crippen LogP contribution is -2.33. The first-order valence-electron chi connectivity index (χ1n) is 14.6. The largest absolute Gasteiger partial charge is 0.488 e. The van der Waals surface area contributed by atoms with Crippen molar-refractivity contribution in [3.05, 3.63) is 150 Å². The molecule has 1 atom stereocenters. The molecule has 41 heavy (non-hydrogen) atoms. The van der Waals surface area contributed by atoms with Gasteiger partial charge in [0.1, 0.15) is 12.4 Å². The van der Waals surface area contributed by atoms with Crippen molar-refractivity contribution in [2.45, 2.75) is 52.3 Å². The van der Waals surface area contributed by atoms with E-state index in [-0.39, 0.29) is 5.16 Å². The van der Waals surface area contributed by atoms with Crippen LogP contribution in [0.25, 0.3) is 0 Å². The summed E-state index contributed by atoms with van der Waals surface area (Å²) < 4.78 is 6.66. The molecule has 0 spiro atoms. The van der Waals surface area contributed by atoms with Gasteiger partial charge in [0.25, 0.3) is 0 Å². The number of hydrogen-bond acceptors (Lipinski definition) is 1. The second kappa shape index (κ2) is 13.6. The molecule has 5 aromatic rings. The Hall–Kier alpha value is -3.24. The van der Waals surface area contributed by atoms with Crippen LogP contribution >= 0.6 is 16.5 Å². The van der Waals surface area contributed by atoms with Crippen LogP contribution in [0.5, 0.6) is 5.75 Å². The topological polar surface area (TPSA) is 9.23 Å². The lowest BCUT2D eigenvalue weighted by atomic mass is 9.90. The van der Waals surface area contributed by atoms with Gasteiger partial charge in [-0.1, -0.05) is 150 Å². The molecule has 0 heterocycles. The molecule has 1 nitrogen and oxygen atoms in total. The van der Waals surface area contributed by atoms with E-state index in [4.69, 9.17) is 4.74 Å². The highest BCUT2D eigenvalue weighted by molar-refractivity contribution is 7.81. The van der Waals surface area contributed by atoms with E-state index in [1.807, 2.05) is 0 Å². The van der Waals surface area contributed by atoms with Crippen molar-refractivity contribution in [3.8, 4) is 5.75 Å². The Balaban J connectivity index is 1.61. The third-order valence-corrected chi connectivity index (χ3v) is 13.1. The minimum absolute atomic E-state index is 0.0206. The van der Waals surface area contributed by atoms with Crippen molar-refractivity contribution < 1.29 is 4.74 Å². The van der Waals surface area contributed by atoms with Crippen molar-refractivity contribution in [1.82, 2.24) is 0 Å². The predicted molar refractivity (Wildman–Crippen MR) is 182 cm³/mol. The van der Waals surface area contributed by atoms with Crippen LogP contribution in [0.1, 0.15) is 48.9 Å². The zero-order chi connectivity index (χ0) is 28.7. The Kier molecular flexibility index (Phi) is 9.72. The first kappa shape index (κ1) is 29.3. The van der Waals surface area contributed by atoms with Crippen molar-refractivity contribution >= 4 is 37.7 Å². The Labute approximate surface area is 249 Å². The Morgan fingerprint density at radius 3 is 1.73 bits per heavy atom. The fraction of sp³-hybridized carbons (Fsp3) is 0.211. The van der Waals surface area contributed by atoms with E-state index in [1.165, 1.54) is 43.5 Å². The molecule has 0 saturated carbocycles. The summed E-state index contributed by atoms with van der Waals surface area (Å²) in [6, 6.07) is 46.3. The second-order valence-electron chi connectivity index (χ2n) is 10.6. The summed E-state index contributed by atoms with van der Waals surface area (Å²) in [5.74, 6) is 1.05. The molecule has 0 N–H and O–H groups in total. The van der Waals surface area contributed by atoms with Gasteiger partial charge in [-0.2, -0.15) is 0 Å². The Morgan fingerprint density at radius 1 is 0.610 bits per heavy atom. The first-order chi connectivity index (χ1) is 20.1. The van der Waals surface area contributed by atoms with Gasteiger partial charge in [-0.05, 0) is 72.5 Å². The van der Waals surface area contributed by atoms with E-state index in [1.54, 1.807) is 0 Å². The summed E-state index contributed by atoms with van der Waals surface area (Å²) in [4.78, 5) is 0. The zero-order valence-electron chi connectivity index (χ0n) is 24.6. The maximum Gasteiger partial charge on any atom is 0.126 e. The second-order valence-corrected chi connectivity index (χ2v) is 14.5. The van der Waals surface area contributed by atoms with Crippen molar-refractivity contribution in [2.24, 2.45) is 0 Å². The van der Waals surface area contributed by atoms with Gasteiger partial charge in [-0.3, -0.25) is 0 Å². The van der Waals surface area contributed by atoms with E-state index in [2.05, 4.69) is 155 Å². The lowest BCUT2D eigenvalue weighted by molar-refractivity contribution is 0.296. The molecule has 0 bridgehead atoms. The summed E-state index contributed by atoms with van der Waals surface area (Å²) >= 11 is 0. The number of aryl methyl sites for hydroxylation is 2. The smallest absolute Gasteiger partial charge is 0.126 e. The average Bonchev–Trinajstić information content (AvgIpc) is 3.02. The van der Waals surface area contributed by atoms with Crippen LogP contribution in [0, 0.1) is 13.8 Å². The molecule has 0 radical (unpaired) electrons. The average molecular weight is 575 g/mol. The van der Waals surface area contributed by atoms with Gasteiger partial charge < -0.3 is 4.74 Å². The van der Waals surface area contributed by atoms with E-state index in [0.29, 0.717) is 15.2 Å². The minimum Gasteiger partial charge on any atom is -0.488 e. The van der Waals surface area contributed by atoms with E-state index >= 15 is 0 Å². The van der Waals surface area contributed by atoms with Crippen LogP contribution in [-0.4, -0.2) is 0 Å². The lowest BCUT2D eigenvalue weighted by Gasteiger charge is -2.36. The zero-order valence-corrected chi connectivity index (χ0v) is 26.5. The minimum atomic E-state index is -0.690. The normalized spacial score (nSPS) is 11.8. The summed E-state index contributed by atoms with van der Waals surface area (Å²) in [5, 5.41) is 5.75. The monoisotopic (exact) mass is 574 g/mol. The summed E-state index contributed by atoms with van der Waals surface area (Å²) in [7, 11) is -0.0666. The fourth-order valence-electron chi connectivity index (χ4n) is 5.65. The molecular formula is C38H40OP2. The third-order valence-electron chi connectivity index (χ3n) is 8.05. The number of benzene rings is 5. The molecule has 0 aliphatic rings. The molecule has 0 aliphatic carbocycles. The van der Waals surface area contributed by atoms with Gasteiger partial charge in [-0.25, -0.2) is 0 Å². The Morgan fingerprint density at radius 2 is 1.15 bits per heavy atom. The highest BCUT2D eigenvalue weighted by Crippen LogP contribution is 2.51. The van der Waals surface area contributed by atoms with Gasteiger partial charge in [0, 0.05) is 10.7 Å². The molecule has 0 saturated heterocycles. The van der Waals surface area contributed by atoms with Crippen LogP contribution in [0.3, 0.4) is 0 Å². The maximum atomic E-state index is 6.66. The van der Waals surface area contributed by atoms with Crippen LogP contribution < -0.4 is 26.0 Å². The first-order valence-corrected chi connectivity index (χ1v) is 17.0. The van der Waals surface area contributed by atoms with Crippen molar-refractivity contribution in [2.75, 3.05) is 0 Å². The van der Waals surface area contributed by atoms with E-state index < -0.39 is 7.92 Å². The maximum absolute atomic E-state index is 6.66. The highest BCUT2D eigenvalue weighted by atomic mass is 31.1. The van der Waals surface area contributed by atoms with Gasteiger partial charge in [0.2, 0.25) is 0 Å². The molecule has 208 valence electrons. The van der Waals surface area contributed by atoms with Crippen molar-refractivity contribution in [3.63, 3.8) is 0 Å². The standard InChI is InChI=1S/C38H40OP2/c1-5-38(6-2,34-26-16-18-29(3)36(34)39-28-31-20-10-7-11-21-31)40-37-30(4)19-17-27-35(37)41(32-22-12-8-13-23-32)33-24-14-9-15-25-33/h7-27,40H,5-6,28H2,1-4H3. The number of hydrogen-bond donors (Lipinski definition) is 0. The quantitative estimate of drug-likeness (QED) is 0.144. The van der Waals surface area contributed by atoms with Crippen LogP contribution in [-0.2, 0) is 11.8 Å². The number of ether oxygens (including phenoxy) is 1. The third kappa shape index (κ3) is 6.48. The summed E-state index contributed by atoms with van der Waals surface area (Å²) in [6.45, 7) is 9.78. The van der Waals surface area contributed by atoms with E-state index in [0.717, 1.165) is 18.6 Å². The van der Waals surface area contributed by atoms with Gasteiger partial charge in [-0.15, -0.1) is 0 Å². The predicted octanol–water partition coefficient (Wildman–Crippen LogP) is 8.66. The molecule has 1 unspecified atom stereocenters. The molecular weight excluding hydrogens is 534 g/mol. The van der Waals surface area contributed by atoms with Crippen LogP contribution in [0.4, 0.5) is 0 Å². The van der Waals surface area contributed by atoms with Gasteiger partial charge in [0.05, 0.1) is 0 Å². The van der Waals surface area contributed by atoms with Gasteiger partial charge >= 0.3 is 0 Å². The van der Waals surface area contributed by atoms with Crippen LogP contribution in [0.15, 0.2) is 127 Å². The highest BCUT2D eigenvalue weighted by Gasteiger charge is 2.35. The summed E-state index contributed by atoms with van der Waals surface area (Å²) in [6.07, 6.45) is 2.10. The SMILES string of the molecule is CCC(CC)(Pc1c(C)cccc1P(c1ccccc1)c1ccccc1)c1cccc(C)c1OCc1ccccc1. The number of para-hydroxylation sites is 1. The summed E-state index contributed by atoms with van der Waals surface area (Å²) in [5.41, 5.74) is 5.12. The number of rotatable bonds is 11.